The minimum absolute atomic E-state index is 0.0252. The molecule has 1 aliphatic rings. The fourth-order valence-corrected chi connectivity index (χ4v) is 3.17. The van der Waals surface area contributed by atoms with Crippen molar-refractivity contribution in [2.45, 2.75) is 31.8 Å². The fourth-order valence-electron chi connectivity index (χ4n) is 3.17. The Labute approximate surface area is 142 Å². The molecule has 24 heavy (non-hydrogen) atoms. The first-order valence-electron chi connectivity index (χ1n) is 8.24. The summed E-state index contributed by atoms with van der Waals surface area (Å²) >= 11 is 0. The number of hydrogen-bond acceptors (Lipinski definition) is 4. The van der Waals surface area contributed by atoms with Crippen molar-refractivity contribution in [3.05, 3.63) is 48.3 Å². The molecule has 1 amide bonds. The first-order valence-corrected chi connectivity index (χ1v) is 8.24. The lowest BCUT2D eigenvalue weighted by atomic mass is 9.98. The van der Waals surface area contributed by atoms with E-state index in [-0.39, 0.29) is 18.0 Å². The van der Waals surface area contributed by atoms with E-state index in [1.807, 2.05) is 35.2 Å². The Morgan fingerprint density at radius 3 is 2.67 bits per heavy atom. The SMILES string of the molecule is COc1ccc(-c2cncc(C(=O)N3CC[C@@H](N)C[C@@H]3C)c2)cc1. The highest BCUT2D eigenvalue weighted by Crippen LogP contribution is 2.24. The quantitative estimate of drug-likeness (QED) is 0.942. The molecule has 2 aromatic rings. The number of ether oxygens (including phenoxy) is 1. The lowest BCUT2D eigenvalue weighted by Crippen LogP contribution is -2.48. The van der Waals surface area contributed by atoms with Gasteiger partial charge in [-0.1, -0.05) is 12.1 Å². The third kappa shape index (κ3) is 3.41. The molecule has 0 unspecified atom stereocenters. The van der Waals surface area contributed by atoms with Gasteiger partial charge in [0, 0.05) is 36.6 Å². The summed E-state index contributed by atoms with van der Waals surface area (Å²) in [5.41, 5.74) is 8.53. The van der Waals surface area contributed by atoms with E-state index in [1.165, 1.54) is 0 Å². The van der Waals surface area contributed by atoms with E-state index in [2.05, 4.69) is 11.9 Å². The number of nitrogens with zero attached hydrogens (tertiary/aromatic N) is 2. The van der Waals surface area contributed by atoms with Gasteiger partial charge in [-0.3, -0.25) is 9.78 Å². The van der Waals surface area contributed by atoms with Gasteiger partial charge in [0.2, 0.25) is 0 Å². The Kier molecular flexibility index (Phi) is 4.81. The third-order valence-corrected chi connectivity index (χ3v) is 4.59. The number of piperidine rings is 1. The van der Waals surface area contributed by atoms with Crippen LogP contribution >= 0.6 is 0 Å². The molecule has 2 heterocycles. The standard InChI is InChI=1S/C19H23N3O2/c1-13-9-17(20)7-8-22(13)19(23)16-10-15(11-21-12-16)14-3-5-18(24-2)6-4-14/h3-6,10-13,17H,7-9,20H2,1-2H3/t13-,17+/m0/s1. The highest BCUT2D eigenvalue weighted by molar-refractivity contribution is 5.95. The van der Waals surface area contributed by atoms with E-state index >= 15 is 0 Å². The molecule has 0 aliphatic carbocycles. The molecule has 5 heteroatoms. The van der Waals surface area contributed by atoms with Crippen molar-refractivity contribution < 1.29 is 9.53 Å². The minimum atomic E-state index is 0.0252. The molecule has 126 valence electrons. The maximum atomic E-state index is 12.8. The minimum Gasteiger partial charge on any atom is -0.497 e. The molecule has 2 N–H and O–H groups in total. The Morgan fingerprint density at radius 1 is 1.25 bits per heavy atom. The maximum absolute atomic E-state index is 12.8. The number of pyridine rings is 1. The van der Waals surface area contributed by atoms with Crippen LogP contribution in [0.15, 0.2) is 42.7 Å². The zero-order chi connectivity index (χ0) is 17.1. The van der Waals surface area contributed by atoms with Crippen molar-refractivity contribution in [3.8, 4) is 16.9 Å². The Balaban J connectivity index is 1.83. The van der Waals surface area contributed by atoms with Crippen molar-refractivity contribution in [2.24, 2.45) is 5.73 Å². The number of benzene rings is 1. The number of likely N-dealkylation sites (tertiary alicyclic amines) is 1. The van der Waals surface area contributed by atoms with Crippen molar-refractivity contribution in [1.82, 2.24) is 9.88 Å². The molecule has 0 spiro atoms. The second kappa shape index (κ2) is 7.01. The molecule has 0 radical (unpaired) electrons. The van der Waals surface area contributed by atoms with Gasteiger partial charge in [-0.2, -0.15) is 0 Å². The van der Waals surface area contributed by atoms with Crippen LogP contribution in [0.25, 0.3) is 11.1 Å². The van der Waals surface area contributed by atoms with Gasteiger partial charge >= 0.3 is 0 Å². The third-order valence-electron chi connectivity index (χ3n) is 4.59. The molecular weight excluding hydrogens is 302 g/mol. The molecule has 0 saturated carbocycles. The van der Waals surface area contributed by atoms with Gasteiger partial charge in [0.05, 0.1) is 12.7 Å². The van der Waals surface area contributed by atoms with Crippen LogP contribution in [0.3, 0.4) is 0 Å². The summed E-state index contributed by atoms with van der Waals surface area (Å²) in [7, 11) is 1.64. The van der Waals surface area contributed by atoms with Crippen LogP contribution in [0.2, 0.25) is 0 Å². The lowest BCUT2D eigenvalue weighted by molar-refractivity contribution is 0.0618. The summed E-state index contributed by atoms with van der Waals surface area (Å²) < 4.78 is 5.18. The highest BCUT2D eigenvalue weighted by atomic mass is 16.5. The maximum Gasteiger partial charge on any atom is 0.255 e. The van der Waals surface area contributed by atoms with E-state index in [9.17, 15) is 4.79 Å². The van der Waals surface area contributed by atoms with Crippen molar-refractivity contribution in [1.29, 1.82) is 0 Å². The number of aromatic nitrogens is 1. The topological polar surface area (TPSA) is 68.5 Å². The summed E-state index contributed by atoms with van der Waals surface area (Å²) in [6, 6.07) is 9.98. The average molecular weight is 325 g/mol. The summed E-state index contributed by atoms with van der Waals surface area (Å²) in [5.74, 6) is 0.828. The van der Waals surface area contributed by atoms with Crippen LogP contribution in [-0.4, -0.2) is 41.5 Å². The molecule has 3 rings (SSSR count). The van der Waals surface area contributed by atoms with Gasteiger partial charge in [0.25, 0.3) is 5.91 Å². The molecule has 1 fully saturated rings. The van der Waals surface area contributed by atoms with Gasteiger partial charge < -0.3 is 15.4 Å². The first kappa shape index (κ1) is 16.5. The summed E-state index contributed by atoms with van der Waals surface area (Å²) in [6.45, 7) is 2.76. The van der Waals surface area contributed by atoms with Gasteiger partial charge in [0.15, 0.2) is 0 Å². The van der Waals surface area contributed by atoms with Crippen molar-refractivity contribution >= 4 is 5.91 Å². The molecule has 1 aliphatic heterocycles. The normalized spacial score (nSPS) is 20.7. The molecular formula is C19H23N3O2. The first-order chi connectivity index (χ1) is 11.6. The fraction of sp³-hybridized carbons (Fsp3) is 0.368. The van der Waals surface area contributed by atoms with E-state index < -0.39 is 0 Å². The summed E-state index contributed by atoms with van der Waals surface area (Å²) in [6.07, 6.45) is 5.10. The number of rotatable bonds is 3. The summed E-state index contributed by atoms with van der Waals surface area (Å²) in [4.78, 5) is 19.0. The Hall–Kier alpha value is -2.40. The van der Waals surface area contributed by atoms with Crippen LogP contribution in [0, 0.1) is 0 Å². The van der Waals surface area contributed by atoms with E-state index in [0.717, 1.165) is 29.7 Å². The predicted molar refractivity (Wildman–Crippen MR) is 93.9 cm³/mol. The van der Waals surface area contributed by atoms with Crippen LogP contribution in [0.1, 0.15) is 30.1 Å². The Morgan fingerprint density at radius 2 is 2.00 bits per heavy atom. The predicted octanol–water partition coefficient (Wildman–Crippen LogP) is 2.71. The molecule has 1 saturated heterocycles. The molecule has 1 aromatic heterocycles. The van der Waals surface area contributed by atoms with Gasteiger partial charge in [-0.05, 0) is 43.5 Å². The van der Waals surface area contributed by atoms with Crippen LogP contribution in [0.5, 0.6) is 5.75 Å². The average Bonchev–Trinajstić information content (AvgIpc) is 2.61. The number of amides is 1. The van der Waals surface area contributed by atoms with Gasteiger partial charge in [0.1, 0.15) is 5.75 Å². The monoisotopic (exact) mass is 325 g/mol. The molecule has 0 bridgehead atoms. The van der Waals surface area contributed by atoms with E-state index in [4.69, 9.17) is 10.5 Å². The molecule has 1 aromatic carbocycles. The number of methoxy groups -OCH3 is 1. The van der Waals surface area contributed by atoms with Gasteiger partial charge in [-0.25, -0.2) is 0 Å². The van der Waals surface area contributed by atoms with Crippen LogP contribution in [0.4, 0.5) is 0 Å². The van der Waals surface area contributed by atoms with Crippen LogP contribution in [-0.2, 0) is 0 Å². The zero-order valence-electron chi connectivity index (χ0n) is 14.1. The van der Waals surface area contributed by atoms with E-state index in [1.54, 1.807) is 19.5 Å². The van der Waals surface area contributed by atoms with Gasteiger partial charge in [-0.15, -0.1) is 0 Å². The second-order valence-corrected chi connectivity index (χ2v) is 6.32. The number of nitrogens with two attached hydrogens (primary N) is 1. The second-order valence-electron chi connectivity index (χ2n) is 6.32. The number of carbonyl (C=O) groups excluding carboxylic acids is 1. The zero-order valence-corrected chi connectivity index (χ0v) is 14.1. The Bertz CT molecular complexity index is 715. The van der Waals surface area contributed by atoms with Crippen molar-refractivity contribution in [3.63, 3.8) is 0 Å². The van der Waals surface area contributed by atoms with E-state index in [0.29, 0.717) is 12.1 Å². The largest absolute Gasteiger partial charge is 0.497 e. The lowest BCUT2D eigenvalue weighted by Gasteiger charge is -2.36. The van der Waals surface area contributed by atoms with Crippen LogP contribution < -0.4 is 10.5 Å². The number of carbonyl (C=O) groups is 1. The number of hydrogen-bond donors (Lipinski definition) is 1. The molecule has 5 nitrogen and oxygen atoms in total. The summed E-state index contributed by atoms with van der Waals surface area (Å²) in [5, 5.41) is 0. The highest BCUT2D eigenvalue weighted by Gasteiger charge is 2.27. The molecule has 2 atom stereocenters. The smallest absolute Gasteiger partial charge is 0.255 e. The van der Waals surface area contributed by atoms with Crippen molar-refractivity contribution in [2.75, 3.05) is 13.7 Å².